The Morgan fingerprint density at radius 3 is 1.61 bits per heavy atom. The van der Waals surface area contributed by atoms with E-state index in [9.17, 15) is 0 Å². The van der Waals surface area contributed by atoms with Gasteiger partial charge < -0.3 is 19.1 Å². The molecular formula is C77H57N4OPt-3. The smallest absolute Gasteiger partial charge is 0.135 e. The number of pyridine rings is 1. The fourth-order valence-electron chi connectivity index (χ4n) is 11.7. The van der Waals surface area contributed by atoms with Crippen LogP contribution in [0.2, 0.25) is 0 Å². The molecular weight excluding hydrogens is 1190 g/mol. The molecule has 0 saturated carbocycles. The van der Waals surface area contributed by atoms with Crippen LogP contribution in [0, 0.1) is 25.7 Å². The molecule has 83 heavy (non-hydrogen) atoms. The molecule has 0 spiro atoms. The molecule has 11 aromatic carbocycles. The van der Waals surface area contributed by atoms with E-state index in [1.54, 1.807) is 0 Å². The molecule has 13 aromatic rings. The van der Waals surface area contributed by atoms with Crippen molar-refractivity contribution in [3.05, 3.63) is 297 Å². The van der Waals surface area contributed by atoms with Crippen LogP contribution in [0.5, 0.6) is 11.5 Å². The summed E-state index contributed by atoms with van der Waals surface area (Å²) in [5.41, 5.74) is 21.6. The maximum atomic E-state index is 7.19. The largest absolute Gasteiger partial charge is 0.509 e. The Labute approximate surface area is 500 Å². The van der Waals surface area contributed by atoms with Crippen LogP contribution in [-0.4, -0.2) is 9.55 Å². The summed E-state index contributed by atoms with van der Waals surface area (Å²) in [6, 6.07) is 100. The van der Waals surface area contributed by atoms with Gasteiger partial charge in [-0.25, -0.2) is 4.98 Å². The van der Waals surface area contributed by atoms with Gasteiger partial charge in [0.1, 0.15) is 5.82 Å². The number of para-hydroxylation sites is 3. The average molecular weight is 1250 g/mol. The molecule has 0 N–H and O–H groups in total. The zero-order valence-electron chi connectivity index (χ0n) is 46.5. The van der Waals surface area contributed by atoms with Crippen LogP contribution in [0.3, 0.4) is 0 Å². The molecule has 0 unspecified atom stereocenters. The predicted molar refractivity (Wildman–Crippen MR) is 340 cm³/mol. The SMILES string of the molecule is Cc1cc(-n2c3[c-]c(Oc4[c-]c(N5[CH-]N(c6c(-c7ccc(C(C)(C)C)cc7)cccc6-c6cccc(-c7ccccc7)c6)c6ccccc65)ccc4)c(-c4ccccc4)cc3c3cc(-c4ccccc4)ccc32)ncc1-c1ccccc1.[Pt]. The molecule has 0 atom stereocenters. The number of ether oxygens (including phenoxy) is 1. The fourth-order valence-corrected chi connectivity index (χ4v) is 11.7. The van der Waals surface area contributed by atoms with Crippen LogP contribution in [-0.2, 0) is 26.5 Å². The summed E-state index contributed by atoms with van der Waals surface area (Å²) in [5.74, 6) is 1.94. The Morgan fingerprint density at radius 1 is 0.434 bits per heavy atom. The van der Waals surface area contributed by atoms with E-state index < -0.39 is 0 Å². The molecule has 0 amide bonds. The summed E-state index contributed by atoms with van der Waals surface area (Å²) in [7, 11) is 0. The Bertz CT molecular complexity index is 4490. The van der Waals surface area contributed by atoms with Crippen molar-refractivity contribution < 1.29 is 25.8 Å². The number of benzene rings is 11. The van der Waals surface area contributed by atoms with Crippen molar-refractivity contribution >= 4 is 44.6 Å². The van der Waals surface area contributed by atoms with Crippen LogP contribution in [0.25, 0.3) is 94.4 Å². The van der Waals surface area contributed by atoms with Crippen LogP contribution < -0.4 is 14.5 Å². The molecule has 1 aliphatic rings. The zero-order valence-corrected chi connectivity index (χ0v) is 48.8. The van der Waals surface area contributed by atoms with E-state index in [0.717, 1.165) is 117 Å². The number of rotatable bonds is 11. The molecule has 1 aliphatic heterocycles. The van der Waals surface area contributed by atoms with Gasteiger partial charge in [0.2, 0.25) is 0 Å². The van der Waals surface area contributed by atoms with Crippen molar-refractivity contribution in [2.45, 2.75) is 33.1 Å². The maximum Gasteiger partial charge on any atom is 0.135 e. The minimum atomic E-state index is 0. The van der Waals surface area contributed by atoms with Crippen LogP contribution in [0.1, 0.15) is 31.9 Å². The molecule has 3 heterocycles. The number of aryl methyl sites for hydroxylation is 1. The minimum absolute atomic E-state index is 0. The molecule has 2 aromatic heterocycles. The van der Waals surface area contributed by atoms with Gasteiger partial charge >= 0.3 is 0 Å². The summed E-state index contributed by atoms with van der Waals surface area (Å²) in [6.45, 7) is 11.2. The molecule has 0 aliphatic carbocycles. The van der Waals surface area contributed by atoms with Crippen molar-refractivity contribution in [3.63, 3.8) is 0 Å². The van der Waals surface area contributed by atoms with E-state index in [1.165, 1.54) is 11.1 Å². The van der Waals surface area contributed by atoms with Gasteiger partial charge in [-0.2, -0.15) is 12.1 Å². The maximum absolute atomic E-state index is 7.19. The van der Waals surface area contributed by atoms with Crippen molar-refractivity contribution in [2.75, 3.05) is 9.80 Å². The van der Waals surface area contributed by atoms with E-state index in [2.05, 4.69) is 304 Å². The first-order chi connectivity index (χ1) is 40.2. The van der Waals surface area contributed by atoms with Crippen molar-refractivity contribution in [1.29, 1.82) is 0 Å². The third-order valence-corrected chi connectivity index (χ3v) is 15.8. The Kier molecular flexibility index (Phi) is 14.0. The van der Waals surface area contributed by atoms with Gasteiger partial charge in [0.25, 0.3) is 0 Å². The van der Waals surface area contributed by atoms with Crippen molar-refractivity contribution in [2.24, 2.45) is 0 Å². The summed E-state index contributed by atoms with van der Waals surface area (Å²) >= 11 is 0. The quantitative estimate of drug-likeness (QED) is 0.121. The van der Waals surface area contributed by atoms with Gasteiger partial charge in [0, 0.05) is 78.0 Å². The minimum Gasteiger partial charge on any atom is -0.509 e. The van der Waals surface area contributed by atoms with Crippen LogP contribution in [0.15, 0.2) is 267 Å². The van der Waals surface area contributed by atoms with E-state index in [0.29, 0.717) is 11.5 Å². The van der Waals surface area contributed by atoms with Gasteiger partial charge in [0.05, 0.1) is 0 Å². The van der Waals surface area contributed by atoms with Gasteiger partial charge in [-0.15, -0.1) is 42.0 Å². The van der Waals surface area contributed by atoms with E-state index in [-0.39, 0.29) is 26.5 Å². The monoisotopic (exact) mass is 1250 g/mol. The summed E-state index contributed by atoms with van der Waals surface area (Å²) < 4.78 is 9.42. The van der Waals surface area contributed by atoms with Gasteiger partial charge in [0.15, 0.2) is 0 Å². The summed E-state index contributed by atoms with van der Waals surface area (Å²) in [4.78, 5) is 9.78. The Balaban J connectivity index is 0.00000645. The molecule has 0 bridgehead atoms. The Morgan fingerprint density at radius 2 is 0.964 bits per heavy atom. The molecule has 14 rings (SSSR count). The first kappa shape index (κ1) is 52.8. The molecule has 0 saturated heterocycles. The molecule has 6 heteroatoms. The Hall–Kier alpha value is -9.54. The third kappa shape index (κ3) is 10.0. The summed E-state index contributed by atoms with van der Waals surface area (Å²) in [5, 5.41) is 2.14. The molecule has 404 valence electrons. The number of fused-ring (bicyclic) bond motifs is 4. The number of hydrogen-bond donors (Lipinski definition) is 0. The van der Waals surface area contributed by atoms with Crippen LogP contribution >= 0.6 is 0 Å². The first-order valence-corrected chi connectivity index (χ1v) is 28.0. The van der Waals surface area contributed by atoms with Crippen LogP contribution in [0.4, 0.5) is 22.7 Å². The average Bonchev–Trinajstić information content (AvgIpc) is 3.55. The van der Waals surface area contributed by atoms with Gasteiger partial charge in [-0.3, -0.25) is 0 Å². The number of nitrogens with zero attached hydrogens (tertiary/aromatic N) is 4. The second-order valence-corrected chi connectivity index (χ2v) is 22.1. The zero-order chi connectivity index (χ0) is 55.3. The predicted octanol–water partition coefficient (Wildman–Crippen LogP) is 20.6. The fraction of sp³-hybridized carbons (Fsp3) is 0.0649. The van der Waals surface area contributed by atoms with E-state index in [4.69, 9.17) is 9.72 Å². The second kappa shape index (κ2) is 22.1. The van der Waals surface area contributed by atoms with Gasteiger partial charge in [-0.1, -0.05) is 244 Å². The van der Waals surface area contributed by atoms with Crippen molar-refractivity contribution in [1.82, 2.24) is 9.55 Å². The number of anilines is 4. The van der Waals surface area contributed by atoms with E-state index in [1.807, 2.05) is 24.4 Å². The topological polar surface area (TPSA) is 33.5 Å². The summed E-state index contributed by atoms with van der Waals surface area (Å²) in [6.07, 6.45) is 1.99. The second-order valence-electron chi connectivity index (χ2n) is 22.1. The number of aromatic nitrogens is 2. The molecule has 0 radical (unpaired) electrons. The third-order valence-electron chi connectivity index (χ3n) is 15.8. The normalized spacial score (nSPS) is 12.1. The molecule has 5 nitrogen and oxygen atoms in total. The van der Waals surface area contributed by atoms with E-state index >= 15 is 0 Å². The van der Waals surface area contributed by atoms with Crippen molar-refractivity contribution in [3.8, 4) is 84.1 Å². The standard InChI is InChI=1S/C77H57N4O.Pt/c1-52-44-75(78-50-69(52)56-28-15-8-16-29-56)81-70-43-40-59(54-24-11-6-12-25-54)46-67(70)68-48-66(55-26-13-7-14-27-55)74(49-73(68)81)82-63-33-20-32-62(47-63)79-51-80(72-37-18-17-36-71(72)79)76-64(57-38-41-61(42-39-57)77(2,3)4)34-21-35-65(76)60-31-19-30-58(45-60)53-22-9-5-10-23-53;/h5-46,48,50-51H,1-4H3;/q-3;. The number of hydrogen-bond acceptors (Lipinski definition) is 4. The first-order valence-electron chi connectivity index (χ1n) is 28.0. The van der Waals surface area contributed by atoms with Gasteiger partial charge in [-0.05, 0) is 98.1 Å². The molecule has 0 fully saturated rings.